The maximum atomic E-state index is 3.64. The highest BCUT2D eigenvalue weighted by Crippen LogP contribution is 2.29. The third-order valence-corrected chi connectivity index (χ3v) is 5.01. The lowest BCUT2D eigenvalue weighted by molar-refractivity contribution is 0.0774. The molecule has 0 aromatic heterocycles. The first-order valence-electron chi connectivity index (χ1n) is 8.19. The topological polar surface area (TPSA) is 15.3 Å². The second kappa shape index (κ2) is 7.08. The van der Waals surface area contributed by atoms with Gasteiger partial charge in [-0.15, -0.1) is 0 Å². The Hall–Kier alpha value is -0.0800. The third kappa shape index (κ3) is 5.43. The molecular formula is C17H36N2. The summed E-state index contributed by atoms with van der Waals surface area (Å²) in [5, 5.41) is 3.64. The Morgan fingerprint density at radius 3 is 2.26 bits per heavy atom. The fourth-order valence-corrected chi connectivity index (χ4v) is 3.24. The van der Waals surface area contributed by atoms with E-state index in [-0.39, 0.29) is 5.54 Å². The van der Waals surface area contributed by atoms with Crippen LogP contribution in [0, 0.1) is 11.8 Å². The SMILES string of the molecule is CC(CNC(C)(C)C)C(C)N(C)C1CCCCC1C. The molecular weight excluding hydrogens is 232 g/mol. The van der Waals surface area contributed by atoms with E-state index in [4.69, 9.17) is 0 Å². The van der Waals surface area contributed by atoms with Crippen molar-refractivity contribution in [3.8, 4) is 0 Å². The molecule has 0 bridgehead atoms. The van der Waals surface area contributed by atoms with E-state index >= 15 is 0 Å². The number of hydrogen-bond donors (Lipinski definition) is 1. The summed E-state index contributed by atoms with van der Waals surface area (Å²) >= 11 is 0. The van der Waals surface area contributed by atoms with Crippen molar-refractivity contribution in [2.45, 2.75) is 84.8 Å². The van der Waals surface area contributed by atoms with E-state index in [0.717, 1.165) is 18.5 Å². The minimum Gasteiger partial charge on any atom is -0.312 e. The van der Waals surface area contributed by atoms with Crippen LogP contribution in [0.1, 0.15) is 67.2 Å². The molecule has 1 saturated carbocycles. The highest BCUT2D eigenvalue weighted by molar-refractivity contribution is 4.85. The molecule has 4 atom stereocenters. The van der Waals surface area contributed by atoms with Gasteiger partial charge in [0.05, 0.1) is 0 Å². The molecule has 2 heteroatoms. The minimum absolute atomic E-state index is 0.227. The van der Waals surface area contributed by atoms with E-state index in [9.17, 15) is 0 Å². The van der Waals surface area contributed by atoms with Gasteiger partial charge in [-0.3, -0.25) is 0 Å². The predicted molar refractivity (Wildman–Crippen MR) is 85.6 cm³/mol. The Labute approximate surface area is 121 Å². The van der Waals surface area contributed by atoms with Crippen LogP contribution in [-0.2, 0) is 0 Å². The summed E-state index contributed by atoms with van der Waals surface area (Å²) < 4.78 is 0. The van der Waals surface area contributed by atoms with Gasteiger partial charge in [0.2, 0.25) is 0 Å². The van der Waals surface area contributed by atoms with Crippen molar-refractivity contribution in [3.05, 3.63) is 0 Å². The van der Waals surface area contributed by atoms with E-state index in [0.29, 0.717) is 12.0 Å². The fourth-order valence-electron chi connectivity index (χ4n) is 3.24. The predicted octanol–water partition coefficient (Wildman–Crippen LogP) is 3.91. The Morgan fingerprint density at radius 2 is 1.74 bits per heavy atom. The number of nitrogens with zero attached hydrogens (tertiary/aromatic N) is 1. The zero-order chi connectivity index (χ0) is 14.6. The van der Waals surface area contributed by atoms with E-state index in [2.05, 4.69) is 58.8 Å². The summed E-state index contributed by atoms with van der Waals surface area (Å²) in [6, 6.07) is 1.45. The van der Waals surface area contributed by atoms with E-state index in [1.54, 1.807) is 0 Å². The van der Waals surface area contributed by atoms with E-state index in [1.165, 1.54) is 25.7 Å². The first-order chi connectivity index (χ1) is 8.72. The van der Waals surface area contributed by atoms with Crippen molar-refractivity contribution in [1.29, 1.82) is 0 Å². The number of nitrogens with one attached hydrogen (secondary N) is 1. The van der Waals surface area contributed by atoms with Gasteiger partial charge in [-0.05, 0) is 66.0 Å². The molecule has 0 aromatic rings. The van der Waals surface area contributed by atoms with Gasteiger partial charge in [0, 0.05) is 17.6 Å². The van der Waals surface area contributed by atoms with Crippen LogP contribution in [0.15, 0.2) is 0 Å². The quantitative estimate of drug-likeness (QED) is 0.813. The van der Waals surface area contributed by atoms with Crippen molar-refractivity contribution in [3.63, 3.8) is 0 Å². The van der Waals surface area contributed by atoms with Crippen LogP contribution in [0.5, 0.6) is 0 Å². The number of hydrogen-bond acceptors (Lipinski definition) is 2. The average molecular weight is 268 g/mol. The van der Waals surface area contributed by atoms with Crippen LogP contribution in [0.25, 0.3) is 0 Å². The van der Waals surface area contributed by atoms with Crippen molar-refractivity contribution in [2.24, 2.45) is 11.8 Å². The van der Waals surface area contributed by atoms with Crippen molar-refractivity contribution in [2.75, 3.05) is 13.6 Å². The van der Waals surface area contributed by atoms with Gasteiger partial charge in [-0.25, -0.2) is 0 Å². The molecule has 1 rings (SSSR count). The highest BCUT2D eigenvalue weighted by atomic mass is 15.2. The van der Waals surface area contributed by atoms with Crippen molar-refractivity contribution >= 4 is 0 Å². The molecule has 0 aliphatic heterocycles. The van der Waals surface area contributed by atoms with Gasteiger partial charge in [-0.2, -0.15) is 0 Å². The smallest absolute Gasteiger partial charge is 0.0121 e. The number of rotatable bonds is 5. The van der Waals surface area contributed by atoms with Crippen LogP contribution >= 0.6 is 0 Å². The lowest BCUT2D eigenvalue weighted by Crippen LogP contribution is -2.49. The van der Waals surface area contributed by atoms with Crippen molar-refractivity contribution < 1.29 is 0 Å². The molecule has 4 unspecified atom stereocenters. The molecule has 114 valence electrons. The lowest BCUT2D eigenvalue weighted by atomic mass is 9.83. The Bertz CT molecular complexity index is 256. The normalized spacial score (nSPS) is 28.4. The third-order valence-electron chi connectivity index (χ3n) is 5.01. The Morgan fingerprint density at radius 1 is 1.16 bits per heavy atom. The van der Waals surface area contributed by atoms with Gasteiger partial charge in [0.15, 0.2) is 0 Å². The van der Waals surface area contributed by atoms with Gasteiger partial charge < -0.3 is 10.2 Å². The summed E-state index contributed by atoms with van der Waals surface area (Å²) in [4.78, 5) is 2.65. The van der Waals surface area contributed by atoms with Crippen molar-refractivity contribution in [1.82, 2.24) is 10.2 Å². The maximum absolute atomic E-state index is 3.64. The molecule has 0 radical (unpaired) electrons. The van der Waals surface area contributed by atoms with E-state index in [1.807, 2.05) is 0 Å². The average Bonchev–Trinajstić information content (AvgIpc) is 2.34. The van der Waals surface area contributed by atoms with Crippen LogP contribution < -0.4 is 5.32 Å². The fraction of sp³-hybridized carbons (Fsp3) is 1.00. The molecule has 0 saturated heterocycles. The van der Waals surface area contributed by atoms with Crippen LogP contribution in [0.4, 0.5) is 0 Å². The summed E-state index contributed by atoms with van der Waals surface area (Å²) in [7, 11) is 2.34. The molecule has 1 N–H and O–H groups in total. The molecule has 1 aliphatic rings. The first-order valence-corrected chi connectivity index (χ1v) is 8.19. The highest BCUT2D eigenvalue weighted by Gasteiger charge is 2.29. The lowest BCUT2D eigenvalue weighted by Gasteiger charge is -2.42. The Balaban J connectivity index is 2.48. The zero-order valence-corrected chi connectivity index (χ0v) is 14.3. The summed E-state index contributed by atoms with van der Waals surface area (Å²) in [6.07, 6.45) is 5.65. The van der Waals surface area contributed by atoms with Gasteiger partial charge in [0.25, 0.3) is 0 Å². The second-order valence-corrected chi connectivity index (χ2v) is 7.84. The van der Waals surface area contributed by atoms with Gasteiger partial charge >= 0.3 is 0 Å². The molecule has 1 fully saturated rings. The molecule has 0 aromatic carbocycles. The summed E-state index contributed by atoms with van der Waals surface area (Å²) in [5.74, 6) is 1.56. The van der Waals surface area contributed by atoms with Crippen LogP contribution in [-0.4, -0.2) is 36.1 Å². The van der Waals surface area contributed by atoms with Gasteiger partial charge in [-0.1, -0.05) is 26.7 Å². The zero-order valence-electron chi connectivity index (χ0n) is 14.3. The minimum atomic E-state index is 0.227. The molecule has 0 heterocycles. The molecule has 2 nitrogen and oxygen atoms in total. The second-order valence-electron chi connectivity index (χ2n) is 7.84. The standard InChI is InChI=1S/C17H36N2/c1-13-10-8-9-11-16(13)19(7)15(3)14(2)12-18-17(4,5)6/h13-16,18H,8-12H2,1-7H3. The molecule has 0 spiro atoms. The Kier molecular flexibility index (Phi) is 6.32. The van der Waals surface area contributed by atoms with Gasteiger partial charge in [0.1, 0.15) is 0 Å². The molecule has 19 heavy (non-hydrogen) atoms. The summed E-state index contributed by atoms with van der Waals surface area (Å²) in [6.45, 7) is 15.1. The monoisotopic (exact) mass is 268 g/mol. The maximum Gasteiger partial charge on any atom is 0.0121 e. The molecule has 1 aliphatic carbocycles. The largest absolute Gasteiger partial charge is 0.312 e. The van der Waals surface area contributed by atoms with Crippen LogP contribution in [0.3, 0.4) is 0 Å². The van der Waals surface area contributed by atoms with Crippen LogP contribution in [0.2, 0.25) is 0 Å². The molecule has 0 amide bonds. The summed E-state index contributed by atoms with van der Waals surface area (Å²) in [5.41, 5.74) is 0.227. The van der Waals surface area contributed by atoms with E-state index < -0.39 is 0 Å². The first kappa shape index (κ1) is 17.0.